The number of rotatable bonds is 5. The zero-order valence-corrected chi connectivity index (χ0v) is 14.1. The summed E-state index contributed by atoms with van der Waals surface area (Å²) in [6, 6.07) is 15.1. The Hall–Kier alpha value is -3.76. The molecule has 146 valence electrons. The fourth-order valence-corrected chi connectivity index (χ4v) is 1.75. The first kappa shape index (κ1) is 20.6. The molecule has 28 heavy (non-hydrogen) atoms. The molecule has 2 aromatic rings. The Labute approximate surface area is 157 Å². The van der Waals surface area contributed by atoms with Crippen molar-refractivity contribution in [2.24, 2.45) is 0 Å². The molecule has 0 bridgehead atoms. The number of para-hydroxylation sites is 2. The fourth-order valence-electron chi connectivity index (χ4n) is 1.75. The summed E-state index contributed by atoms with van der Waals surface area (Å²) in [6.45, 7) is 0. The first-order valence-electron chi connectivity index (χ1n) is 7.70. The van der Waals surface area contributed by atoms with E-state index < -0.39 is 36.5 Å². The third kappa shape index (κ3) is 6.20. The molecule has 0 aliphatic heterocycles. The number of ether oxygens (including phenoxy) is 4. The van der Waals surface area contributed by atoms with E-state index in [0.29, 0.717) is 0 Å². The monoisotopic (exact) mass is 390 g/mol. The van der Waals surface area contributed by atoms with E-state index in [1.165, 1.54) is 24.3 Å². The summed E-state index contributed by atoms with van der Waals surface area (Å²) >= 11 is 0. The van der Waals surface area contributed by atoms with Crippen LogP contribution in [0.2, 0.25) is 0 Å². The third-order valence-electron chi connectivity index (χ3n) is 3.04. The second-order valence-electron chi connectivity index (χ2n) is 5.06. The van der Waals surface area contributed by atoms with Gasteiger partial charge in [0, 0.05) is 0 Å². The Morgan fingerprint density at radius 1 is 0.607 bits per heavy atom. The largest absolute Gasteiger partial charge is 0.521 e. The maximum absolute atomic E-state index is 11.6. The van der Waals surface area contributed by atoms with E-state index >= 15 is 0 Å². The standard InChI is InChI=1S/C18H14O10/c19-13(15(21)27-17(23)25-11-7-3-1-4-8-11)14(20)16(22)28-18(24)26-12-9-5-2-6-10-12/h1-10,13-14,19-20H. The topological polar surface area (TPSA) is 146 Å². The van der Waals surface area contributed by atoms with Crippen LogP contribution in [-0.2, 0) is 19.1 Å². The van der Waals surface area contributed by atoms with E-state index in [2.05, 4.69) is 18.9 Å². The molecule has 0 spiro atoms. The Morgan fingerprint density at radius 3 is 1.25 bits per heavy atom. The van der Waals surface area contributed by atoms with Crippen LogP contribution in [0, 0.1) is 0 Å². The first-order valence-corrected chi connectivity index (χ1v) is 7.70. The molecule has 2 aromatic carbocycles. The summed E-state index contributed by atoms with van der Waals surface area (Å²) < 4.78 is 17.6. The molecule has 2 rings (SSSR count). The summed E-state index contributed by atoms with van der Waals surface area (Å²) in [6.07, 6.45) is -8.03. The van der Waals surface area contributed by atoms with Gasteiger partial charge in [-0.2, -0.15) is 0 Å². The number of hydrogen-bond acceptors (Lipinski definition) is 10. The molecule has 2 N–H and O–H groups in total. The number of hydrogen-bond donors (Lipinski definition) is 2. The second-order valence-corrected chi connectivity index (χ2v) is 5.06. The van der Waals surface area contributed by atoms with Crippen molar-refractivity contribution in [2.75, 3.05) is 0 Å². The average Bonchev–Trinajstić information content (AvgIpc) is 2.68. The van der Waals surface area contributed by atoms with Gasteiger partial charge in [-0.25, -0.2) is 19.2 Å². The van der Waals surface area contributed by atoms with Crippen LogP contribution in [0.4, 0.5) is 9.59 Å². The molecule has 0 aliphatic carbocycles. The highest BCUT2D eigenvalue weighted by Gasteiger charge is 2.36. The van der Waals surface area contributed by atoms with Crippen molar-refractivity contribution in [3.05, 3.63) is 60.7 Å². The molecule has 10 nitrogen and oxygen atoms in total. The van der Waals surface area contributed by atoms with E-state index in [0.717, 1.165) is 0 Å². The molecule has 0 amide bonds. The number of carbonyl (C=O) groups excluding carboxylic acids is 4. The van der Waals surface area contributed by atoms with Crippen molar-refractivity contribution < 1.29 is 48.3 Å². The van der Waals surface area contributed by atoms with Crippen molar-refractivity contribution in [3.63, 3.8) is 0 Å². The van der Waals surface area contributed by atoms with E-state index in [4.69, 9.17) is 0 Å². The lowest BCUT2D eigenvalue weighted by Gasteiger charge is -2.14. The van der Waals surface area contributed by atoms with Crippen molar-refractivity contribution in [3.8, 4) is 11.5 Å². The lowest BCUT2D eigenvalue weighted by Crippen LogP contribution is -2.43. The summed E-state index contributed by atoms with van der Waals surface area (Å²) in [7, 11) is 0. The number of esters is 2. The van der Waals surface area contributed by atoms with Gasteiger partial charge in [0.05, 0.1) is 0 Å². The highest BCUT2D eigenvalue weighted by molar-refractivity contribution is 5.93. The Bertz CT molecular complexity index is 762. The van der Waals surface area contributed by atoms with Gasteiger partial charge in [0.15, 0.2) is 12.2 Å². The Kier molecular flexibility index (Phi) is 7.20. The normalized spacial score (nSPS) is 12.2. The van der Waals surface area contributed by atoms with Crippen LogP contribution in [0.3, 0.4) is 0 Å². The Balaban J connectivity index is 1.83. The van der Waals surface area contributed by atoms with Gasteiger partial charge in [0.25, 0.3) is 0 Å². The molecule has 2 atom stereocenters. The van der Waals surface area contributed by atoms with Crippen molar-refractivity contribution in [1.82, 2.24) is 0 Å². The highest BCUT2D eigenvalue weighted by Crippen LogP contribution is 2.11. The zero-order valence-electron chi connectivity index (χ0n) is 14.1. The van der Waals surface area contributed by atoms with Gasteiger partial charge in [-0.1, -0.05) is 36.4 Å². The van der Waals surface area contributed by atoms with Crippen LogP contribution in [-0.4, -0.2) is 46.7 Å². The summed E-state index contributed by atoms with van der Waals surface area (Å²) in [5, 5.41) is 19.2. The smallest absolute Gasteiger partial charge is 0.395 e. The van der Waals surface area contributed by atoms with Crippen molar-refractivity contribution in [1.29, 1.82) is 0 Å². The quantitative estimate of drug-likeness (QED) is 0.434. The van der Waals surface area contributed by atoms with Gasteiger partial charge in [0.1, 0.15) is 11.5 Å². The van der Waals surface area contributed by atoms with Crippen LogP contribution in [0.25, 0.3) is 0 Å². The lowest BCUT2D eigenvalue weighted by atomic mass is 10.2. The second kappa shape index (κ2) is 9.80. The van der Waals surface area contributed by atoms with Gasteiger partial charge < -0.3 is 29.2 Å². The molecule has 10 heteroatoms. The molecular formula is C18H14O10. The number of aliphatic hydroxyl groups excluding tert-OH is 2. The number of carbonyl (C=O) groups is 4. The van der Waals surface area contributed by atoms with Crippen molar-refractivity contribution >= 4 is 24.2 Å². The molecule has 0 heterocycles. The van der Waals surface area contributed by atoms with Gasteiger partial charge in [-0.15, -0.1) is 0 Å². The van der Waals surface area contributed by atoms with Crippen LogP contribution < -0.4 is 9.47 Å². The van der Waals surface area contributed by atoms with Gasteiger partial charge in [-0.05, 0) is 24.3 Å². The fraction of sp³-hybridized carbons (Fsp3) is 0.111. The zero-order chi connectivity index (χ0) is 20.5. The minimum atomic E-state index is -2.51. The van der Waals surface area contributed by atoms with E-state index in [9.17, 15) is 29.4 Å². The van der Waals surface area contributed by atoms with E-state index in [-0.39, 0.29) is 11.5 Å². The average molecular weight is 390 g/mol. The van der Waals surface area contributed by atoms with Gasteiger partial charge >= 0.3 is 24.2 Å². The molecule has 2 unspecified atom stereocenters. The maximum atomic E-state index is 11.6. The van der Waals surface area contributed by atoms with Crippen LogP contribution in [0.1, 0.15) is 0 Å². The minimum Gasteiger partial charge on any atom is -0.395 e. The number of aliphatic hydroxyl groups is 2. The molecule has 0 saturated heterocycles. The third-order valence-corrected chi connectivity index (χ3v) is 3.04. The SMILES string of the molecule is O=C(OC(=O)C(O)C(O)C(=O)OC(=O)Oc1ccccc1)Oc1ccccc1. The van der Waals surface area contributed by atoms with Crippen LogP contribution in [0.15, 0.2) is 60.7 Å². The van der Waals surface area contributed by atoms with Crippen molar-refractivity contribution in [2.45, 2.75) is 12.2 Å². The predicted molar refractivity (Wildman–Crippen MR) is 89.1 cm³/mol. The molecular weight excluding hydrogens is 376 g/mol. The van der Waals surface area contributed by atoms with E-state index in [1.807, 2.05) is 0 Å². The minimum absolute atomic E-state index is 0.0541. The predicted octanol–water partition coefficient (Wildman–Crippen LogP) is 1.19. The van der Waals surface area contributed by atoms with Gasteiger partial charge in [-0.3, -0.25) is 0 Å². The molecule has 0 aliphatic rings. The lowest BCUT2D eigenvalue weighted by molar-refractivity contribution is -0.167. The molecule has 0 fully saturated rings. The summed E-state index contributed by atoms with van der Waals surface area (Å²) in [5.74, 6) is -3.28. The van der Waals surface area contributed by atoms with Crippen LogP contribution >= 0.6 is 0 Å². The Morgan fingerprint density at radius 2 is 0.929 bits per heavy atom. The van der Waals surface area contributed by atoms with E-state index in [1.54, 1.807) is 36.4 Å². The molecule has 0 radical (unpaired) electrons. The van der Waals surface area contributed by atoms with Crippen LogP contribution in [0.5, 0.6) is 11.5 Å². The highest BCUT2D eigenvalue weighted by atomic mass is 16.8. The summed E-state index contributed by atoms with van der Waals surface area (Å²) in [5.41, 5.74) is 0. The first-order chi connectivity index (χ1) is 13.4. The van der Waals surface area contributed by atoms with Gasteiger partial charge in [0.2, 0.25) is 0 Å². The summed E-state index contributed by atoms with van der Waals surface area (Å²) in [4.78, 5) is 46.1. The molecule has 0 saturated carbocycles. The maximum Gasteiger partial charge on any atom is 0.521 e. The molecule has 0 aromatic heterocycles. The number of benzene rings is 2.